The summed E-state index contributed by atoms with van der Waals surface area (Å²) in [5.41, 5.74) is -0.861. The Labute approximate surface area is 353 Å². The first kappa shape index (κ1) is 17.2. The molecule has 0 atom stereocenters. The van der Waals surface area contributed by atoms with Crippen LogP contribution < -0.4 is 0 Å². The smallest absolute Gasteiger partial charge is 0.238 e. The Kier molecular flexibility index (Phi) is 4.01. The summed E-state index contributed by atoms with van der Waals surface area (Å²) in [6.45, 7) is 0. The van der Waals surface area contributed by atoms with Crippen molar-refractivity contribution in [1.82, 2.24) is 24.1 Å². The van der Waals surface area contributed by atoms with Crippen LogP contribution in [0.1, 0.15) is 28.8 Å². The van der Waals surface area contributed by atoms with Gasteiger partial charge in [0.25, 0.3) is 0 Å². The predicted octanol–water partition coefficient (Wildman–Crippen LogP) is 12.7. The summed E-state index contributed by atoms with van der Waals surface area (Å²) < 4.78 is 190. The van der Waals surface area contributed by atoms with Crippen LogP contribution in [0, 0.1) is 0 Å². The SMILES string of the molecule is [2H]c1cc([2H])c2c(c1[2H])c1cc([2H])c3c4c([2H])c([2H])cc([2H])c4n(-c4nc(-c5c([2H])c([2H])c([2H])c([2H])c5[2H])nc(-c5c([2H])c([2H])c(-c6c([2H])c([2H])c([2H])c([2H])c6[2H])c([2H])c5[2H])n4)c3c1n2-c1cccc(-c2ccccc2)c1. The topological polar surface area (TPSA) is 48.5 Å². The standard InChI is InChI=1S/C51H33N5/c1-4-15-34(16-5-1)36-27-29-38(30-28-36)50-52-49(37-19-8-3-9-20-37)53-51(54-50)56-46-26-13-11-24-42(46)44-32-31-43-41-23-10-12-25-45(41)55(47(43)48(44)56)40-22-14-21-39(33-40)35-17-6-2-7-18-35/h1-33H/i1D,3D,4D,5D,8D,9D,10D,11D,15D,16D,19D,20D,23D,24D,25D,26D,27D,28D,29D,30D,32D. The summed E-state index contributed by atoms with van der Waals surface area (Å²) in [5.74, 6) is -2.05. The van der Waals surface area contributed by atoms with E-state index >= 15 is 0 Å². The zero-order chi connectivity index (χ0) is 55.3. The number of benzene rings is 8. The van der Waals surface area contributed by atoms with Gasteiger partial charge in [-0.05, 0) is 46.5 Å². The summed E-state index contributed by atoms with van der Waals surface area (Å²) in [6, 6.07) is 5.78. The molecular weight excluding hydrogens is 683 g/mol. The normalized spacial score (nSPS) is 16.8. The highest BCUT2D eigenvalue weighted by Crippen LogP contribution is 2.42. The summed E-state index contributed by atoms with van der Waals surface area (Å²) >= 11 is 0. The van der Waals surface area contributed by atoms with Gasteiger partial charge in [-0.3, -0.25) is 4.57 Å². The number of hydrogen-bond acceptors (Lipinski definition) is 3. The Bertz CT molecular complexity index is 4390. The molecule has 56 heavy (non-hydrogen) atoms. The molecule has 5 nitrogen and oxygen atoms in total. The van der Waals surface area contributed by atoms with Gasteiger partial charge in [0.05, 0.1) is 50.9 Å². The first-order chi connectivity index (χ1) is 36.5. The van der Waals surface area contributed by atoms with Crippen molar-refractivity contribution in [1.29, 1.82) is 0 Å². The number of fused-ring (bicyclic) bond motifs is 7. The molecule has 3 heterocycles. The highest BCUT2D eigenvalue weighted by molar-refractivity contribution is 6.23. The first-order valence-electron chi connectivity index (χ1n) is 27.6. The molecule has 0 aliphatic heterocycles. The molecule has 0 fully saturated rings. The largest absolute Gasteiger partial charge is 0.307 e. The van der Waals surface area contributed by atoms with Gasteiger partial charge >= 0.3 is 0 Å². The second-order valence-electron chi connectivity index (χ2n) is 12.5. The molecule has 262 valence electrons. The molecule has 0 radical (unpaired) electrons. The summed E-state index contributed by atoms with van der Waals surface area (Å²) in [7, 11) is 0. The average molecular weight is 737 g/mol. The lowest BCUT2D eigenvalue weighted by Crippen LogP contribution is -2.07. The Morgan fingerprint density at radius 1 is 0.357 bits per heavy atom. The van der Waals surface area contributed by atoms with Crippen molar-refractivity contribution in [2.75, 3.05) is 0 Å². The van der Waals surface area contributed by atoms with Crippen LogP contribution in [0.5, 0.6) is 0 Å². The van der Waals surface area contributed by atoms with Crippen LogP contribution in [0.4, 0.5) is 0 Å². The molecule has 0 N–H and O–H groups in total. The molecule has 5 heteroatoms. The molecule has 11 aromatic rings. The Hall–Kier alpha value is -7.63. The summed E-state index contributed by atoms with van der Waals surface area (Å²) in [5, 5.41) is -0.0409. The van der Waals surface area contributed by atoms with E-state index in [1.165, 1.54) is 16.7 Å². The van der Waals surface area contributed by atoms with E-state index in [4.69, 9.17) is 26.4 Å². The summed E-state index contributed by atoms with van der Waals surface area (Å²) in [4.78, 5) is 13.9. The molecule has 3 aromatic heterocycles. The van der Waals surface area contributed by atoms with Gasteiger partial charge in [-0.15, -0.1) is 0 Å². The van der Waals surface area contributed by atoms with Crippen LogP contribution in [-0.4, -0.2) is 24.1 Å². The van der Waals surface area contributed by atoms with Crippen LogP contribution in [0.25, 0.3) is 100 Å². The fourth-order valence-corrected chi connectivity index (χ4v) is 6.88. The van der Waals surface area contributed by atoms with Crippen molar-refractivity contribution in [3.05, 3.63) is 200 Å². The zero-order valence-electron chi connectivity index (χ0n) is 49.7. The van der Waals surface area contributed by atoms with Crippen molar-refractivity contribution in [3.8, 4) is 56.7 Å². The number of rotatable bonds is 6. The van der Waals surface area contributed by atoms with E-state index in [1.807, 2.05) is 36.4 Å². The van der Waals surface area contributed by atoms with Gasteiger partial charge in [-0.2, -0.15) is 9.97 Å². The van der Waals surface area contributed by atoms with Crippen LogP contribution >= 0.6 is 0 Å². The number of aromatic nitrogens is 5. The third-order valence-corrected chi connectivity index (χ3v) is 9.28. The molecule has 0 bridgehead atoms. The minimum atomic E-state index is -0.918. The van der Waals surface area contributed by atoms with Gasteiger partial charge in [0, 0.05) is 38.4 Å². The lowest BCUT2D eigenvalue weighted by atomic mass is 10.0. The van der Waals surface area contributed by atoms with Crippen LogP contribution in [0.2, 0.25) is 0 Å². The van der Waals surface area contributed by atoms with Crippen LogP contribution in [0.15, 0.2) is 200 Å². The molecule has 11 rings (SSSR count). The van der Waals surface area contributed by atoms with Crippen LogP contribution in [-0.2, 0) is 0 Å². The maximum atomic E-state index is 9.70. The van der Waals surface area contributed by atoms with E-state index < -0.39 is 143 Å². The van der Waals surface area contributed by atoms with Gasteiger partial charge in [0.1, 0.15) is 0 Å². The highest BCUT2D eigenvalue weighted by atomic mass is 15.2. The van der Waals surface area contributed by atoms with Gasteiger partial charge in [0.15, 0.2) is 11.6 Å². The number of hydrogen-bond donors (Lipinski definition) is 0. The molecule has 0 saturated heterocycles. The second-order valence-corrected chi connectivity index (χ2v) is 12.5. The minimum Gasteiger partial charge on any atom is -0.307 e. The number of nitrogens with zero attached hydrogens (tertiary/aromatic N) is 5. The third-order valence-electron chi connectivity index (χ3n) is 9.28. The second kappa shape index (κ2) is 13.0. The lowest BCUT2D eigenvalue weighted by molar-refractivity contribution is 0.953. The van der Waals surface area contributed by atoms with E-state index in [2.05, 4.69) is 4.98 Å². The Balaban J connectivity index is 1.36. The monoisotopic (exact) mass is 736 g/mol. The molecule has 0 saturated carbocycles. The van der Waals surface area contributed by atoms with E-state index in [-0.39, 0.29) is 67.8 Å². The fourth-order valence-electron chi connectivity index (χ4n) is 6.88. The summed E-state index contributed by atoms with van der Waals surface area (Å²) in [6.07, 6.45) is 0. The average Bonchev–Trinajstić information content (AvgIpc) is 4.04. The Morgan fingerprint density at radius 2 is 0.929 bits per heavy atom. The first-order valence-corrected chi connectivity index (χ1v) is 17.1. The quantitative estimate of drug-likeness (QED) is 0.171. The molecule has 0 spiro atoms. The number of para-hydroxylation sites is 2. The molecule has 0 unspecified atom stereocenters. The van der Waals surface area contributed by atoms with Crippen LogP contribution in [0.3, 0.4) is 0 Å². The van der Waals surface area contributed by atoms with E-state index in [0.717, 1.165) is 11.6 Å². The lowest BCUT2D eigenvalue weighted by Gasteiger charge is -2.14. The van der Waals surface area contributed by atoms with E-state index in [1.54, 1.807) is 22.8 Å². The van der Waals surface area contributed by atoms with Gasteiger partial charge in [-0.1, -0.05) is 175 Å². The van der Waals surface area contributed by atoms with Crippen molar-refractivity contribution in [2.45, 2.75) is 0 Å². The molecule has 0 aliphatic carbocycles. The van der Waals surface area contributed by atoms with Crippen molar-refractivity contribution < 1.29 is 28.8 Å². The van der Waals surface area contributed by atoms with Crippen molar-refractivity contribution >= 4 is 43.6 Å². The maximum Gasteiger partial charge on any atom is 0.238 e. The van der Waals surface area contributed by atoms with Crippen molar-refractivity contribution in [2.24, 2.45) is 0 Å². The molecular formula is C51H33N5. The molecule has 0 amide bonds. The van der Waals surface area contributed by atoms with Crippen molar-refractivity contribution in [3.63, 3.8) is 0 Å². The zero-order valence-corrected chi connectivity index (χ0v) is 28.7. The molecule has 0 aliphatic rings. The minimum absolute atomic E-state index is 0.0622. The fraction of sp³-hybridized carbons (Fsp3) is 0. The van der Waals surface area contributed by atoms with Gasteiger partial charge in [0.2, 0.25) is 5.95 Å². The van der Waals surface area contributed by atoms with Gasteiger partial charge in [-0.25, -0.2) is 4.98 Å². The maximum absolute atomic E-state index is 9.70. The van der Waals surface area contributed by atoms with E-state index in [9.17, 15) is 12.3 Å². The van der Waals surface area contributed by atoms with E-state index in [0.29, 0.717) is 11.3 Å². The highest BCUT2D eigenvalue weighted by Gasteiger charge is 2.23. The van der Waals surface area contributed by atoms with Gasteiger partial charge < -0.3 is 4.57 Å². The third kappa shape index (κ3) is 5.21. The molecule has 8 aromatic carbocycles. The predicted molar refractivity (Wildman–Crippen MR) is 230 cm³/mol. The Morgan fingerprint density at radius 3 is 1.64 bits per heavy atom.